The molecule has 3 aromatic rings. The highest BCUT2D eigenvalue weighted by molar-refractivity contribution is 6.10. The minimum Gasteiger partial charge on any atom is -0.495 e. The van der Waals surface area contributed by atoms with Gasteiger partial charge in [0, 0.05) is 11.3 Å². The average Bonchev–Trinajstić information content (AvgIpc) is 3.15. The molecule has 1 atom stereocenters. The van der Waals surface area contributed by atoms with E-state index in [2.05, 4.69) is 16.0 Å². The lowest BCUT2D eigenvalue weighted by atomic mass is 9.85. The number of para-hydroxylation sites is 2. The van der Waals surface area contributed by atoms with Gasteiger partial charge < -0.3 is 20.7 Å². The molecule has 1 aliphatic rings. The first-order valence-electron chi connectivity index (χ1n) is 11.9. The number of imide groups is 1. The zero-order valence-electron chi connectivity index (χ0n) is 20.6. The van der Waals surface area contributed by atoms with Crippen LogP contribution in [-0.2, 0) is 15.1 Å². The van der Waals surface area contributed by atoms with Crippen LogP contribution in [0.4, 0.5) is 16.2 Å². The molecule has 1 unspecified atom stereocenters. The van der Waals surface area contributed by atoms with E-state index in [1.807, 2.05) is 25.1 Å². The number of benzene rings is 3. The third kappa shape index (κ3) is 5.30. The lowest BCUT2D eigenvalue weighted by molar-refractivity contribution is -0.134. The summed E-state index contributed by atoms with van der Waals surface area (Å²) in [5.41, 5.74) is 0.832. The van der Waals surface area contributed by atoms with Gasteiger partial charge in [0.1, 0.15) is 17.8 Å². The number of ether oxygens (including phenoxy) is 1. The first kappa shape index (κ1) is 25.4. The smallest absolute Gasteiger partial charge is 0.325 e. The second-order valence-electron chi connectivity index (χ2n) is 8.62. The molecule has 1 aliphatic heterocycles. The van der Waals surface area contributed by atoms with E-state index in [1.165, 1.54) is 7.11 Å². The predicted octanol–water partition coefficient (Wildman–Crippen LogP) is 4.13. The molecule has 0 bridgehead atoms. The predicted molar refractivity (Wildman–Crippen MR) is 139 cm³/mol. The van der Waals surface area contributed by atoms with Gasteiger partial charge in [0.25, 0.3) is 11.8 Å². The molecule has 1 heterocycles. The molecule has 3 N–H and O–H groups in total. The Labute approximate surface area is 214 Å². The zero-order chi connectivity index (χ0) is 26.4. The van der Waals surface area contributed by atoms with Crippen LogP contribution in [-0.4, -0.2) is 42.3 Å². The molecule has 0 radical (unpaired) electrons. The number of carbonyl (C=O) groups excluding carboxylic acids is 4. The molecule has 5 amide bonds. The van der Waals surface area contributed by atoms with E-state index in [0.717, 1.165) is 4.90 Å². The van der Waals surface area contributed by atoms with Crippen molar-refractivity contribution in [2.75, 3.05) is 24.3 Å². The number of hydrogen-bond acceptors (Lipinski definition) is 5. The van der Waals surface area contributed by atoms with Gasteiger partial charge in [-0.3, -0.25) is 19.3 Å². The van der Waals surface area contributed by atoms with Crippen LogP contribution in [0.25, 0.3) is 0 Å². The molecule has 0 aliphatic carbocycles. The van der Waals surface area contributed by atoms with Gasteiger partial charge in [0.2, 0.25) is 5.91 Å². The van der Waals surface area contributed by atoms with E-state index in [1.54, 1.807) is 60.7 Å². The van der Waals surface area contributed by atoms with Crippen molar-refractivity contribution in [3.8, 4) is 5.75 Å². The molecule has 0 aromatic heterocycles. The molecule has 1 fully saturated rings. The van der Waals surface area contributed by atoms with Crippen molar-refractivity contribution in [2.24, 2.45) is 0 Å². The van der Waals surface area contributed by atoms with Crippen molar-refractivity contribution in [3.05, 3.63) is 90.0 Å². The van der Waals surface area contributed by atoms with Crippen molar-refractivity contribution in [3.63, 3.8) is 0 Å². The summed E-state index contributed by atoms with van der Waals surface area (Å²) in [6.07, 6.45) is 1.08. The number of anilines is 2. The molecule has 0 spiro atoms. The van der Waals surface area contributed by atoms with Crippen molar-refractivity contribution >= 4 is 35.1 Å². The highest BCUT2D eigenvalue weighted by Gasteiger charge is 2.52. The zero-order valence-corrected chi connectivity index (χ0v) is 20.6. The molecular formula is C28H28N4O5. The Morgan fingerprint density at radius 1 is 0.919 bits per heavy atom. The Kier molecular flexibility index (Phi) is 7.52. The number of nitrogens with one attached hydrogen (secondary N) is 3. The summed E-state index contributed by atoms with van der Waals surface area (Å²) in [4.78, 5) is 52.3. The Morgan fingerprint density at radius 3 is 2.27 bits per heavy atom. The Hall–Kier alpha value is -4.66. The van der Waals surface area contributed by atoms with E-state index in [4.69, 9.17) is 4.74 Å². The number of hydrogen-bond donors (Lipinski definition) is 3. The van der Waals surface area contributed by atoms with Crippen molar-refractivity contribution in [1.82, 2.24) is 10.2 Å². The first-order chi connectivity index (χ1) is 17.9. The summed E-state index contributed by atoms with van der Waals surface area (Å²) in [5.74, 6) is -0.788. The van der Waals surface area contributed by atoms with Crippen LogP contribution in [0.1, 0.15) is 35.7 Å². The van der Waals surface area contributed by atoms with E-state index >= 15 is 0 Å². The second-order valence-corrected chi connectivity index (χ2v) is 8.62. The van der Waals surface area contributed by atoms with E-state index in [0.29, 0.717) is 41.1 Å². The summed E-state index contributed by atoms with van der Waals surface area (Å²) < 4.78 is 5.25. The summed E-state index contributed by atoms with van der Waals surface area (Å²) in [6.45, 7) is 1.50. The summed E-state index contributed by atoms with van der Waals surface area (Å²) in [5, 5.41) is 8.27. The van der Waals surface area contributed by atoms with Crippen molar-refractivity contribution in [1.29, 1.82) is 0 Å². The fourth-order valence-corrected chi connectivity index (χ4v) is 4.37. The van der Waals surface area contributed by atoms with E-state index in [-0.39, 0.29) is 5.91 Å². The largest absolute Gasteiger partial charge is 0.495 e. The lowest BCUT2D eigenvalue weighted by Crippen LogP contribution is -2.44. The van der Waals surface area contributed by atoms with E-state index in [9.17, 15) is 19.2 Å². The van der Waals surface area contributed by atoms with Crippen LogP contribution in [0.3, 0.4) is 0 Å². The van der Waals surface area contributed by atoms with E-state index < -0.39 is 29.9 Å². The van der Waals surface area contributed by atoms with Crippen LogP contribution in [0.5, 0.6) is 5.75 Å². The minimum atomic E-state index is -1.19. The highest BCUT2D eigenvalue weighted by Crippen LogP contribution is 2.33. The fraction of sp³-hybridized carbons (Fsp3) is 0.214. The van der Waals surface area contributed by atoms with Gasteiger partial charge in [0.15, 0.2) is 0 Å². The molecule has 1 saturated heterocycles. The monoisotopic (exact) mass is 500 g/mol. The quantitative estimate of drug-likeness (QED) is 0.382. The van der Waals surface area contributed by atoms with Crippen LogP contribution < -0.4 is 20.7 Å². The van der Waals surface area contributed by atoms with Gasteiger partial charge in [-0.05, 0) is 48.4 Å². The lowest BCUT2D eigenvalue weighted by Gasteiger charge is -2.26. The van der Waals surface area contributed by atoms with Crippen LogP contribution in [0, 0.1) is 0 Å². The molecule has 37 heavy (non-hydrogen) atoms. The van der Waals surface area contributed by atoms with Crippen LogP contribution >= 0.6 is 0 Å². The van der Waals surface area contributed by atoms with Crippen molar-refractivity contribution in [2.45, 2.75) is 25.3 Å². The maximum Gasteiger partial charge on any atom is 0.325 e. The number of methoxy groups -OCH3 is 1. The Balaban J connectivity index is 1.40. The van der Waals surface area contributed by atoms with Gasteiger partial charge >= 0.3 is 6.03 Å². The SMILES string of the molecule is CCCC1(c2ccccc2)NC(=O)N(CC(=O)Nc2ccc(C(=O)Nc3ccccc3OC)cc2)C1=O. The third-order valence-corrected chi connectivity index (χ3v) is 6.16. The van der Waals surface area contributed by atoms with Gasteiger partial charge in [-0.2, -0.15) is 0 Å². The van der Waals surface area contributed by atoms with Gasteiger partial charge in [-0.25, -0.2) is 4.79 Å². The van der Waals surface area contributed by atoms with Gasteiger partial charge in [0.05, 0.1) is 12.8 Å². The topological polar surface area (TPSA) is 117 Å². The fourth-order valence-electron chi connectivity index (χ4n) is 4.37. The Bertz CT molecular complexity index is 1310. The highest BCUT2D eigenvalue weighted by atomic mass is 16.5. The second kappa shape index (κ2) is 10.9. The molecule has 4 rings (SSSR count). The Morgan fingerprint density at radius 2 is 1.59 bits per heavy atom. The van der Waals surface area contributed by atoms with Crippen LogP contribution in [0.15, 0.2) is 78.9 Å². The molecule has 9 nitrogen and oxygen atoms in total. The van der Waals surface area contributed by atoms with Crippen LogP contribution in [0.2, 0.25) is 0 Å². The first-order valence-corrected chi connectivity index (χ1v) is 11.9. The van der Waals surface area contributed by atoms with Gasteiger partial charge in [-0.1, -0.05) is 55.8 Å². The number of nitrogens with zero attached hydrogens (tertiary/aromatic N) is 1. The van der Waals surface area contributed by atoms with Gasteiger partial charge in [-0.15, -0.1) is 0 Å². The third-order valence-electron chi connectivity index (χ3n) is 6.16. The summed E-state index contributed by atoms with van der Waals surface area (Å²) in [7, 11) is 1.52. The number of carbonyl (C=O) groups is 4. The molecule has 3 aromatic carbocycles. The summed E-state index contributed by atoms with van der Waals surface area (Å²) in [6, 6.07) is 21.8. The molecule has 9 heteroatoms. The maximum atomic E-state index is 13.3. The molecular weight excluding hydrogens is 472 g/mol. The molecule has 0 saturated carbocycles. The van der Waals surface area contributed by atoms with Crippen molar-refractivity contribution < 1.29 is 23.9 Å². The minimum absolute atomic E-state index is 0.338. The standard InChI is InChI=1S/C28H28N4O5/c1-3-17-28(20-9-5-4-6-10-20)26(35)32(27(36)31-28)18-24(33)29-21-15-13-19(14-16-21)25(34)30-22-11-7-8-12-23(22)37-2/h4-16H,3,17-18H2,1-2H3,(H,29,33)(H,30,34)(H,31,36). The maximum absolute atomic E-state index is 13.3. The number of urea groups is 1. The normalized spacial score (nSPS) is 16.8. The molecule has 190 valence electrons. The number of amides is 5. The average molecular weight is 501 g/mol. The summed E-state index contributed by atoms with van der Waals surface area (Å²) >= 11 is 0. The number of rotatable bonds is 9.